The predicted octanol–water partition coefficient (Wildman–Crippen LogP) is 0.351. The average Bonchev–Trinajstić information content (AvgIpc) is 2.72. The number of hydrogen-bond donors (Lipinski definition) is 2. The van der Waals surface area contributed by atoms with Gasteiger partial charge in [0.1, 0.15) is 6.04 Å². The van der Waals surface area contributed by atoms with Crippen LogP contribution in [0.1, 0.15) is 32.4 Å². The van der Waals surface area contributed by atoms with E-state index in [9.17, 15) is 4.79 Å². The lowest BCUT2D eigenvalue weighted by atomic mass is 10.1. The van der Waals surface area contributed by atoms with Gasteiger partial charge in [-0.1, -0.05) is 0 Å². The number of nitrogens with one attached hydrogen (secondary N) is 1. The summed E-state index contributed by atoms with van der Waals surface area (Å²) in [6.45, 7) is 6.80. The highest BCUT2D eigenvalue weighted by Crippen LogP contribution is 2.10. The van der Waals surface area contributed by atoms with Crippen LogP contribution >= 0.6 is 0 Å². The SMILES string of the molecule is CCOC(C)(C)CNC(=O)C(N)c1cnn(C)c1. The maximum atomic E-state index is 11.9. The lowest BCUT2D eigenvalue weighted by molar-refractivity contribution is -0.124. The van der Waals surface area contributed by atoms with Crippen molar-refractivity contribution in [3.05, 3.63) is 18.0 Å². The molecule has 1 heterocycles. The first-order valence-corrected chi connectivity index (χ1v) is 6.01. The largest absolute Gasteiger partial charge is 0.374 e. The van der Waals surface area contributed by atoms with E-state index in [0.717, 1.165) is 0 Å². The minimum Gasteiger partial charge on any atom is -0.374 e. The molecule has 102 valence electrons. The molecule has 0 bridgehead atoms. The molecule has 1 aromatic rings. The Morgan fingerprint density at radius 2 is 2.33 bits per heavy atom. The van der Waals surface area contributed by atoms with E-state index in [2.05, 4.69) is 10.4 Å². The zero-order valence-electron chi connectivity index (χ0n) is 11.4. The molecular formula is C12H22N4O2. The number of nitrogens with zero attached hydrogens (tertiary/aromatic N) is 2. The Hall–Kier alpha value is -1.40. The van der Waals surface area contributed by atoms with Gasteiger partial charge in [-0.15, -0.1) is 0 Å². The Balaban J connectivity index is 2.51. The van der Waals surface area contributed by atoms with Crippen LogP contribution in [0, 0.1) is 0 Å². The summed E-state index contributed by atoms with van der Waals surface area (Å²) in [5.41, 5.74) is 6.16. The molecule has 0 fully saturated rings. The number of ether oxygens (including phenoxy) is 1. The van der Waals surface area contributed by atoms with Crippen LogP contribution in [0.25, 0.3) is 0 Å². The van der Waals surface area contributed by atoms with Crippen molar-refractivity contribution < 1.29 is 9.53 Å². The molecule has 0 spiro atoms. The fraction of sp³-hybridized carbons (Fsp3) is 0.667. The minimum absolute atomic E-state index is 0.226. The smallest absolute Gasteiger partial charge is 0.241 e. The second-order valence-corrected chi connectivity index (χ2v) is 4.84. The van der Waals surface area contributed by atoms with Crippen LogP contribution < -0.4 is 11.1 Å². The molecule has 3 N–H and O–H groups in total. The normalized spacial score (nSPS) is 13.4. The Labute approximate surface area is 107 Å². The van der Waals surface area contributed by atoms with Crippen molar-refractivity contribution in [2.24, 2.45) is 12.8 Å². The summed E-state index contributed by atoms with van der Waals surface area (Å²) in [5, 5.41) is 6.78. The van der Waals surface area contributed by atoms with Crippen molar-refractivity contribution in [3.8, 4) is 0 Å². The number of hydrogen-bond acceptors (Lipinski definition) is 4. The molecule has 0 radical (unpaired) electrons. The first-order chi connectivity index (χ1) is 8.35. The topological polar surface area (TPSA) is 82.2 Å². The molecule has 6 nitrogen and oxygen atoms in total. The molecule has 0 aliphatic rings. The quantitative estimate of drug-likeness (QED) is 0.767. The van der Waals surface area contributed by atoms with Gasteiger partial charge < -0.3 is 15.8 Å². The van der Waals surface area contributed by atoms with Crippen molar-refractivity contribution in [2.75, 3.05) is 13.2 Å². The van der Waals surface area contributed by atoms with Crippen LogP contribution in [-0.2, 0) is 16.6 Å². The van der Waals surface area contributed by atoms with E-state index in [1.54, 1.807) is 24.1 Å². The molecule has 1 amide bonds. The van der Waals surface area contributed by atoms with Crippen LogP contribution in [-0.4, -0.2) is 34.4 Å². The lowest BCUT2D eigenvalue weighted by Crippen LogP contribution is -2.43. The summed E-state index contributed by atoms with van der Waals surface area (Å²) in [4.78, 5) is 11.9. The number of carbonyl (C=O) groups is 1. The second kappa shape index (κ2) is 5.97. The summed E-state index contributed by atoms with van der Waals surface area (Å²) < 4.78 is 7.11. The van der Waals surface area contributed by atoms with Crippen LogP contribution in [0.4, 0.5) is 0 Å². The number of rotatable bonds is 6. The maximum absolute atomic E-state index is 11.9. The predicted molar refractivity (Wildman–Crippen MR) is 68.9 cm³/mol. The average molecular weight is 254 g/mol. The van der Waals surface area contributed by atoms with Crippen molar-refractivity contribution in [2.45, 2.75) is 32.4 Å². The molecule has 1 aromatic heterocycles. The summed E-state index contributed by atoms with van der Waals surface area (Å²) in [6.07, 6.45) is 3.33. The summed E-state index contributed by atoms with van der Waals surface area (Å²) in [5.74, 6) is -0.226. The molecule has 0 aliphatic heterocycles. The van der Waals surface area contributed by atoms with E-state index >= 15 is 0 Å². The van der Waals surface area contributed by atoms with Crippen LogP contribution in [0.3, 0.4) is 0 Å². The third kappa shape index (κ3) is 4.12. The van der Waals surface area contributed by atoms with E-state index in [4.69, 9.17) is 10.5 Å². The van der Waals surface area contributed by atoms with Crippen molar-refractivity contribution in [1.82, 2.24) is 15.1 Å². The first-order valence-electron chi connectivity index (χ1n) is 6.01. The Morgan fingerprint density at radius 3 is 2.83 bits per heavy atom. The van der Waals surface area contributed by atoms with Crippen molar-refractivity contribution in [3.63, 3.8) is 0 Å². The molecule has 0 aliphatic carbocycles. The van der Waals surface area contributed by atoms with Gasteiger partial charge in [0, 0.05) is 32.0 Å². The first kappa shape index (κ1) is 14.7. The Kier molecular flexibility index (Phi) is 4.86. The van der Waals surface area contributed by atoms with E-state index in [1.807, 2.05) is 20.8 Å². The Bertz CT molecular complexity index is 401. The molecule has 0 saturated carbocycles. The van der Waals surface area contributed by atoms with Gasteiger partial charge in [-0.3, -0.25) is 9.48 Å². The van der Waals surface area contributed by atoms with Gasteiger partial charge in [0.05, 0.1) is 11.8 Å². The van der Waals surface area contributed by atoms with Gasteiger partial charge in [0.15, 0.2) is 0 Å². The van der Waals surface area contributed by atoms with Gasteiger partial charge in [-0.05, 0) is 20.8 Å². The van der Waals surface area contributed by atoms with Crippen LogP contribution in [0.2, 0.25) is 0 Å². The third-order valence-electron chi connectivity index (χ3n) is 2.59. The summed E-state index contributed by atoms with van der Waals surface area (Å²) in [7, 11) is 1.78. The van der Waals surface area contributed by atoms with Crippen LogP contribution in [0.5, 0.6) is 0 Å². The highest BCUT2D eigenvalue weighted by molar-refractivity contribution is 5.82. The zero-order valence-corrected chi connectivity index (χ0v) is 11.4. The van der Waals surface area contributed by atoms with Crippen LogP contribution in [0.15, 0.2) is 12.4 Å². The molecule has 1 atom stereocenters. The van der Waals surface area contributed by atoms with E-state index in [1.165, 1.54) is 0 Å². The Morgan fingerprint density at radius 1 is 1.67 bits per heavy atom. The van der Waals surface area contributed by atoms with E-state index in [0.29, 0.717) is 18.7 Å². The highest BCUT2D eigenvalue weighted by Gasteiger charge is 2.22. The second-order valence-electron chi connectivity index (χ2n) is 4.84. The number of nitrogens with two attached hydrogens (primary N) is 1. The standard InChI is InChI=1S/C12H22N4O2/c1-5-18-12(2,3)8-14-11(17)10(13)9-6-15-16(4)7-9/h6-7,10H,5,8,13H2,1-4H3,(H,14,17). The highest BCUT2D eigenvalue weighted by atomic mass is 16.5. The molecular weight excluding hydrogens is 232 g/mol. The van der Waals surface area contributed by atoms with Crippen molar-refractivity contribution in [1.29, 1.82) is 0 Å². The van der Waals surface area contributed by atoms with E-state index in [-0.39, 0.29) is 11.5 Å². The lowest BCUT2D eigenvalue weighted by Gasteiger charge is -2.25. The minimum atomic E-state index is -0.698. The fourth-order valence-corrected chi connectivity index (χ4v) is 1.60. The zero-order chi connectivity index (χ0) is 13.8. The van der Waals surface area contributed by atoms with E-state index < -0.39 is 6.04 Å². The molecule has 0 saturated heterocycles. The molecule has 18 heavy (non-hydrogen) atoms. The molecule has 0 aromatic carbocycles. The molecule has 1 rings (SSSR count). The van der Waals surface area contributed by atoms with Gasteiger partial charge >= 0.3 is 0 Å². The molecule has 1 unspecified atom stereocenters. The number of aryl methyl sites for hydroxylation is 1. The van der Waals surface area contributed by atoms with Crippen molar-refractivity contribution >= 4 is 5.91 Å². The maximum Gasteiger partial charge on any atom is 0.241 e. The summed E-state index contributed by atoms with van der Waals surface area (Å²) >= 11 is 0. The molecule has 6 heteroatoms. The van der Waals surface area contributed by atoms with Gasteiger partial charge in [0.25, 0.3) is 0 Å². The number of carbonyl (C=O) groups excluding carboxylic acids is 1. The van der Waals surface area contributed by atoms with Gasteiger partial charge in [-0.25, -0.2) is 0 Å². The summed E-state index contributed by atoms with van der Waals surface area (Å²) in [6, 6.07) is -0.698. The fourth-order valence-electron chi connectivity index (χ4n) is 1.60. The third-order valence-corrected chi connectivity index (χ3v) is 2.59. The number of amides is 1. The monoisotopic (exact) mass is 254 g/mol. The van der Waals surface area contributed by atoms with Gasteiger partial charge in [0.2, 0.25) is 5.91 Å². The number of aromatic nitrogens is 2. The van der Waals surface area contributed by atoms with Gasteiger partial charge in [-0.2, -0.15) is 5.10 Å².